The second-order valence-corrected chi connectivity index (χ2v) is 9.51. The molecule has 1 amide bonds. The van der Waals surface area contributed by atoms with E-state index in [4.69, 9.17) is 25.8 Å². The van der Waals surface area contributed by atoms with Gasteiger partial charge in [-0.2, -0.15) is 5.10 Å². The van der Waals surface area contributed by atoms with E-state index in [-0.39, 0.29) is 11.4 Å². The van der Waals surface area contributed by atoms with Crippen LogP contribution in [0.3, 0.4) is 0 Å². The van der Waals surface area contributed by atoms with Crippen LogP contribution in [0.25, 0.3) is 22.0 Å². The number of aromatic amines is 1. The third-order valence-corrected chi connectivity index (χ3v) is 6.77. The van der Waals surface area contributed by atoms with Gasteiger partial charge in [0.2, 0.25) is 0 Å². The molecular weight excluding hydrogens is 542 g/mol. The molecule has 0 spiro atoms. The fraction of sp³-hybridized carbons (Fsp3) is 0.0938. The maximum Gasteiger partial charge on any atom is 0.343 e. The Labute approximate surface area is 241 Å². The van der Waals surface area contributed by atoms with Crippen LogP contribution in [-0.2, 0) is 0 Å². The van der Waals surface area contributed by atoms with E-state index < -0.39 is 11.9 Å². The number of carbonyl (C=O) groups is 2. The van der Waals surface area contributed by atoms with Crippen molar-refractivity contribution in [1.29, 1.82) is 0 Å². The van der Waals surface area contributed by atoms with Gasteiger partial charge in [-0.05, 0) is 55.0 Å². The van der Waals surface area contributed by atoms with Crippen LogP contribution >= 0.6 is 11.6 Å². The van der Waals surface area contributed by atoms with E-state index in [2.05, 4.69) is 15.5 Å². The molecule has 0 aliphatic carbocycles. The lowest BCUT2D eigenvalue weighted by Gasteiger charge is -2.10. The number of carbonyl (C=O) groups excluding carboxylic acids is 2. The van der Waals surface area contributed by atoms with Gasteiger partial charge in [-0.15, -0.1) is 0 Å². The molecule has 0 aliphatic heterocycles. The minimum atomic E-state index is -0.499. The monoisotopic (exact) mass is 567 g/mol. The maximum absolute atomic E-state index is 13.3. The second kappa shape index (κ2) is 12.0. The number of aryl methyl sites for hydroxylation is 1. The van der Waals surface area contributed by atoms with Gasteiger partial charge >= 0.3 is 5.97 Å². The van der Waals surface area contributed by atoms with Crippen molar-refractivity contribution in [2.24, 2.45) is 5.10 Å². The standard InChI is InChI=1S/C32H26ClN3O5/c1-19-11-14-21(15-12-19)32(38)41-25-16-13-20(17-27(25)40-3)18-34-36-31(37)30-28(22-7-4-5-9-24(22)33)23-8-6-10-26(39-2)29(23)35-30/h4-18,35H,1-3H3,(H,36,37). The molecule has 0 fully saturated rings. The molecule has 1 aromatic heterocycles. The van der Waals surface area contributed by atoms with Gasteiger partial charge in [-0.1, -0.05) is 59.6 Å². The molecule has 9 heteroatoms. The average Bonchev–Trinajstić information content (AvgIpc) is 3.38. The normalized spacial score (nSPS) is 11.0. The summed E-state index contributed by atoms with van der Waals surface area (Å²) in [5.41, 5.74) is 6.94. The third kappa shape index (κ3) is 5.78. The first kappa shape index (κ1) is 27.5. The molecule has 0 aliphatic rings. The molecular formula is C32H26ClN3O5. The molecule has 0 saturated heterocycles. The zero-order valence-corrected chi connectivity index (χ0v) is 23.3. The Hall–Kier alpha value is -5.08. The van der Waals surface area contributed by atoms with Crippen molar-refractivity contribution in [3.63, 3.8) is 0 Å². The number of hydrazone groups is 1. The first-order valence-electron chi connectivity index (χ1n) is 12.6. The predicted molar refractivity (Wildman–Crippen MR) is 159 cm³/mol. The predicted octanol–water partition coefficient (Wildman–Crippen LogP) is 6.80. The number of ether oxygens (including phenoxy) is 3. The Morgan fingerprint density at radius 1 is 0.878 bits per heavy atom. The van der Waals surface area contributed by atoms with Gasteiger partial charge < -0.3 is 19.2 Å². The van der Waals surface area contributed by atoms with Gasteiger partial charge in [-0.3, -0.25) is 4.79 Å². The van der Waals surface area contributed by atoms with Crippen molar-refractivity contribution in [3.8, 4) is 28.4 Å². The van der Waals surface area contributed by atoms with Crippen LogP contribution in [0.1, 0.15) is 32.0 Å². The van der Waals surface area contributed by atoms with Crippen molar-refractivity contribution in [2.45, 2.75) is 6.92 Å². The highest BCUT2D eigenvalue weighted by Crippen LogP contribution is 2.39. The second-order valence-electron chi connectivity index (χ2n) is 9.10. The molecule has 0 saturated carbocycles. The number of nitrogens with zero attached hydrogens (tertiary/aromatic N) is 1. The maximum atomic E-state index is 13.3. The Bertz CT molecular complexity index is 1780. The quantitative estimate of drug-likeness (QED) is 0.0929. The third-order valence-electron chi connectivity index (χ3n) is 6.44. The van der Waals surface area contributed by atoms with Crippen molar-refractivity contribution in [1.82, 2.24) is 10.4 Å². The van der Waals surface area contributed by atoms with Crippen LogP contribution in [0, 0.1) is 6.92 Å². The van der Waals surface area contributed by atoms with E-state index in [1.165, 1.54) is 13.3 Å². The molecule has 8 nitrogen and oxygen atoms in total. The first-order chi connectivity index (χ1) is 19.9. The largest absolute Gasteiger partial charge is 0.495 e. The molecule has 5 aromatic rings. The summed E-state index contributed by atoms with van der Waals surface area (Å²) < 4.78 is 16.4. The lowest BCUT2D eigenvalue weighted by Crippen LogP contribution is -2.19. The van der Waals surface area contributed by atoms with Crippen molar-refractivity contribution in [2.75, 3.05) is 14.2 Å². The van der Waals surface area contributed by atoms with E-state index in [0.717, 1.165) is 10.9 Å². The number of amides is 1. The van der Waals surface area contributed by atoms with Crippen LogP contribution in [0.4, 0.5) is 0 Å². The van der Waals surface area contributed by atoms with Crippen LogP contribution in [0.15, 0.2) is 90.0 Å². The molecule has 5 rings (SSSR count). The summed E-state index contributed by atoms with van der Waals surface area (Å²) in [6.07, 6.45) is 1.46. The molecule has 2 N–H and O–H groups in total. The van der Waals surface area contributed by atoms with E-state index >= 15 is 0 Å². The van der Waals surface area contributed by atoms with Gasteiger partial charge in [0, 0.05) is 21.5 Å². The fourth-order valence-electron chi connectivity index (χ4n) is 4.39. The number of aromatic nitrogens is 1. The summed E-state index contributed by atoms with van der Waals surface area (Å²) in [5, 5.41) is 5.43. The molecule has 41 heavy (non-hydrogen) atoms. The molecule has 0 atom stereocenters. The van der Waals surface area contributed by atoms with Crippen LogP contribution in [-0.4, -0.2) is 37.3 Å². The summed E-state index contributed by atoms with van der Waals surface area (Å²) in [5.74, 6) is 0.222. The van der Waals surface area contributed by atoms with Crippen molar-refractivity contribution >= 4 is 40.6 Å². The zero-order valence-electron chi connectivity index (χ0n) is 22.5. The number of H-pyrrole nitrogens is 1. The topological polar surface area (TPSA) is 102 Å². The number of halogens is 1. The molecule has 0 bridgehead atoms. The number of nitrogens with one attached hydrogen (secondary N) is 2. The Balaban J connectivity index is 1.38. The smallest absolute Gasteiger partial charge is 0.343 e. The number of methoxy groups -OCH3 is 2. The molecule has 4 aromatic carbocycles. The number of benzene rings is 4. The number of fused-ring (bicyclic) bond motifs is 1. The van der Waals surface area contributed by atoms with Gasteiger partial charge in [0.05, 0.1) is 31.5 Å². The molecule has 0 radical (unpaired) electrons. The Morgan fingerprint density at radius 3 is 2.37 bits per heavy atom. The number of para-hydroxylation sites is 1. The summed E-state index contributed by atoms with van der Waals surface area (Å²) in [7, 11) is 3.04. The molecule has 206 valence electrons. The number of hydrogen-bond acceptors (Lipinski definition) is 6. The van der Waals surface area contributed by atoms with Gasteiger partial charge in [0.25, 0.3) is 5.91 Å². The SMILES string of the molecule is COc1cc(C=NNC(=O)c2[nH]c3c(OC)cccc3c2-c2ccccc2Cl)ccc1OC(=O)c1ccc(C)cc1. The van der Waals surface area contributed by atoms with Crippen LogP contribution < -0.4 is 19.6 Å². The highest BCUT2D eigenvalue weighted by Gasteiger charge is 2.22. The Kier molecular flexibility index (Phi) is 8.03. The minimum Gasteiger partial charge on any atom is -0.495 e. The van der Waals surface area contributed by atoms with Gasteiger partial charge in [0.15, 0.2) is 11.5 Å². The Morgan fingerprint density at radius 2 is 1.63 bits per heavy atom. The minimum absolute atomic E-state index is 0.260. The van der Waals surface area contributed by atoms with Crippen molar-refractivity contribution in [3.05, 3.63) is 112 Å². The van der Waals surface area contributed by atoms with Crippen LogP contribution in [0.2, 0.25) is 5.02 Å². The zero-order chi connectivity index (χ0) is 28.9. The van der Waals surface area contributed by atoms with Gasteiger partial charge in [0.1, 0.15) is 11.4 Å². The summed E-state index contributed by atoms with van der Waals surface area (Å²) >= 11 is 6.51. The van der Waals surface area contributed by atoms with E-state index in [9.17, 15) is 9.59 Å². The lowest BCUT2D eigenvalue weighted by atomic mass is 10.0. The number of rotatable bonds is 8. The van der Waals surface area contributed by atoms with E-state index in [0.29, 0.717) is 44.3 Å². The van der Waals surface area contributed by atoms with Gasteiger partial charge in [-0.25, -0.2) is 10.2 Å². The average molecular weight is 568 g/mol. The fourth-order valence-corrected chi connectivity index (χ4v) is 4.62. The highest BCUT2D eigenvalue weighted by molar-refractivity contribution is 6.34. The van der Waals surface area contributed by atoms with E-state index in [1.54, 1.807) is 43.5 Å². The van der Waals surface area contributed by atoms with Crippen LogP contribution in [0.5, 0.6) is 17.2 Å². The highest BCUT2D eigenvalue weighted by atomic mass is 35.5. The summed E-state index contributed by atoms with van der Waals surface area (Å²) in [4.78, 5) is 29.1. The summed E-state index contributed by atoms with van der Waals surface area (Å²) in [6, 6.07) is 24.9. The summed E-state index contributed by atoms with van der Waals surface area (Å²) in [6.45, 7) is 1.94. The number of hydrogen-bond donors (Lipinski definition) is 2. The molecule has 1 heterocycles. The van der Waals surface area contributed by atoms with E-state index in [1.807, 2.05) is 55.5 Å². The first-order valence-corrected chi connectivity index (χ1v) is 13.0. The number of esters is 1. The lowest BCUT2D eigenvalue weighted by molar-refractivity contribution is 0.0729. The molecule has 0 unspecified atom stereocenters. The van der Waals surface area contributed by atoms with Crippen molar-refractivity contribution < 1.29 is 23.8 Å².